The van der Waals surface area contributed by atoms with E-state index in [1.807, 2.05) is 0 Å². The highest BCUT2D eigenvalue weighted by molar-refractivity contribution is 7.80. The summed E-state index contributed by atoms with van der Waals surface area (Å²) in [6.45, 7) is 6.34. The fraction of sp³-hybridized carbons (Fsp3) is 1.00. The van der Waals surface area contributed by atoms with Gasteiger partial charge in [-0.3, -0.25) is 4.18 Å². The predicted octanol–water partition coefficient (Wildman–Crippen LogP) is 14.1. The second-order valence-corrected chi connectivity index (χ2v) is 15.2. The second kappa shape index (κ2) is 36.7. The lowest BCUT2D eigenvalue weighted by Crippen LogP contribution is -2.24. The third-order valence-corrected chi connectivity index (χ3v) is 10.3. The van der Waals surface area contributed by atoms with Gasteiger partial charge in [0.15, 0.2) is 0 Å². The molecule has 0 aromatic heterocycles. The Morgan fingerprint density at radius 2 is 0.622 bits per heavy atom. The van der Waals surface area contributed by atoms with Crippen LogP contribution in [0.5, 0.6) is 0 Å². The first-order valence-electron chi connectivity index (χ1n) is 20.0. The molecule has 4 N–H and O–H groups in total. The van der Waals surface area contributed by atoms with Crippen molar-refractivity contribution in [3.05, 3.63) is 0 Å². The molecule has 45 heavy (non-hydrogen) atoms. The van der Waals surface area contributed by atoms with Crippen molar-refractivity contribution in [1.29, 1.82) is 0 Å². The normalized spacial score (nSPS) is 12.6. The van der Waals surface area contributed by atoms with Crippen molar-refractivity contribution in [1.82, 2.24) is 6.15 Å². The Bertz CT molecular complexity index is 621. The molecule has 274 valence electrons. The number of quaternary nitrogens is 1. The maximum Gasteiger partial charge on any atom is 0.217 e. The number of rotatable bonds is 37. The van der Waals surface area contributed by atoms with Crippen LogP contribution >= 0.6 is 0 Å². The van der Waals surface area contributed by atoms with E-state index < -0.39 is 16.5 Å². The van der Waals surface area contributed by atoms with E-state index in [2.05, 4.69) is 13.8 Å². The minimum atomic E-state index is -4.64. The molecular weight excluding hydrogens is 578 g/mol. The fourth-order valence-electron chi connectivity index (χ4n) is 6.79. The van der Waals surface area contributed by atoms with Crippen LogP contribution in [0.3, 0.4) is 0 Å². The molecule has 0 spiro atoms. The standard InChI is InChI=1S/C39H80O4S.H3N/c1-4-6-8-10-12-14-16-18-20-22-24-26-28-30-32-34-36-39(38(3)43-44(40,41)42)37-35-33-31-29-27-25-23-21-19-17-15-13-11-9-7-5-2;/h38-39H,4-37H2,1-3H3,(H,40,41,42);1H3. The molecule has 0 fully saturated rings. The van der Waals surface area contributed by atoms with E-state index in [0.29, 0.717) is 0 Å². The highest BCUT2D eigenvalue weighted by atomic mass is 32.3. The summed E-state index contributed by atoms with van der Waals surface area (Å²) in [5, 5.41) is 0. The zero-order chi connectivity index (χ0) is 32.4. The summed E-state index contributed by atoms with van der Waals surface area (Å²) in [5.41, 5.74) is 0. The Hall–Kier alpha value is -0.170. The Balaban J connectivity index is 0. The van der Waals surface area contributed by atoms with Crippen molar-refractivity contribution >= 4 is 10.4 Å². The summed E-state index contributed by atoms with van der Waals surface area (Å²) in [4.78, 5) is 0. The maximum atomic E-state index is 11.2. The van der Waals surface area contributed by atoms with Gasteiger partial charge in [-0.1, -0.05) is 219 Å². The van der Waals surface area contributed by atoms with Crippen LogP contribution in [-0.2, 0) is 14.6 Å². The topological polar surface area (TPSA) is 103 Å². The van der Waals surface area contributed by atoms with Gasteiger partial charge in [-0.15, -0.1) is 0 Å². The summed E-state index contributed by atoms with van der Waals surface area (Å²) in [6, 6.07) is 0. The smallest absolute Gasteiger partial charge is 0.217 e. The SMILES string of the molecule is CCCCCCCCCCCCCCCCCCC(CCCCCCCCCCCCCCCCCC)C(C)OS(=O)(=O)[O-].[NH4+]. The number of unbranched alkanes of at least 4 members (excludes halogenated alkanes) is 30. The van der Waals surface area contributed by atoms with E-state index in [-0.39, 0.29) is 12.1 Å². The average Bonchev–Trinajstić information content (AvgIpc) is 2.98. The number of hydrogen-bond donors (Lipinski definition) is 1. The lowest BCUT2D eigenvalue weighted by Gasteiger charge is -2.25. The monoisotopic (exact) mass is 662 g/mol. The molecule has 0 radical (unpaired) electrons. The Labute approximate surface area is 284 Å². The van der Waals surface area contributed by atoms with Gasteiger partial charge < -0.3 is 10.7 Å². The minimum Gasteiger partial charge on any atom is -0.726 e. The van der Waals surface area contributed by atoms with Gasteiger partial charge in [0.05, 0.1) is 6.10 Å². The summed E-state index contributed by atoms with van der Waals surface area (Å²) in [7, 11) is -4.64. The van der Waals surface area contributed by atoms with Gasteiger partial charge in [0.2, 0.25) is 10.4 Å². The molecule has 0 aliphatic heterocycles. The van der Waals surface area contributed by atoms with Crippen LogP contribution in [0.1, 0.15) is 239 Å². The molecule has 0 aliphatic rings. The van der Waals surface area contributed by atoms with Crippen LogP contribution in [0.25, 0.3) is 0 Å². The van der Waals surface area contributed by atoms with Crippen molar-refractivity contribution < 1.29 is 17.2 Å². The highest BCUT2D eigenvalue weighted by Gasteiger charge is 2.19. The molecule has 1 unspecified atom stereocenters. The van der Waals surface area contributed by atoms with E-state index in [1.54, 1.807) is 6.92 Å². The molecule has 0 aromatic carbocycles. The third-order valence-electron chi connectivity index (χ3n) is 9.79. The minimum absolute atomic E-state index is 0. The van der Waals surface area contributed by atoms with Crippen molar-refractivity contribution in [2.24, 2.45) is 5.92 Å². The molecule has 6 heteroatoms. The van der Waals surface area contributed by atoms with Crippen LogP contribution in [0.15, 0.2) is 0 Å². The quantitative estimate of drug-likeness (QED) is 0.0406. The first kappa shape index (κ1) is 46.9. The Morgan fingerprint density at radius 3 is 0.822 bits per heavy atom. The van der Waals surface area contributed by atoms with E-state index in [1.165, 1.54) is 193 Å². The van der Waals surface area contributed by atoms with E-state index in [4.69, 9.17) is 4.18 Å². The van der Waals surface area contributed by atoms with Gasteiger partial charge in [0.25, 0.3) is 0 Å². The van der Waals surface area contributed by atoms with Gasteiger partial charge in [-0.25, -0.2) is 8.42 Å². The van der Waals surface area contributed by atoms with E-state index in [0.717, 1.165) is 25.7 Å². The highest BCUT2D eigenvalue weighted by Crippen LogP contribution is 2.25. The fourth-order valence-corrected chi connectivity index (χ4v) is 7.32. The summed E-state index contributed by atoms with van der Waals surface area (Å²) < 4.78 is 38.5. The van der Waals surface area contributed by atoms with Crippen LogP contribution < -0.4 is 6.15 Å². The first-order valence-corrected chi connectivity index (χ1v) is 21.4. The lowest BCUT2D eigenvalue weighted by atomic mass is 9.90. The molecular formula is C39H83NO4S. The van der Waals surface area contributed by atoms with Crippen LogP contribution in [0.2, 0.25) is 0 Å². The molecule has 1 atom stereocenters. The van der Waals surface area contributed by atoms with Crippen molar-refractivity contribution in [3.8, 4) is 0 Å². The molecule has 0 bridgehead atoms. The van der Waals surface area contributed by atoms with Crippen molar-refractivity contribution in [3.63, 3.8) is 0 Å². The third kappa shape index (κ3) is 38.2. The van der Waals surface area contributed by atoms with Gasteiger partial charge in [-0.05, 0) is 25.7 Å². The Morgan fingerprint density at radius 1 is 0.422 bits per heavy atom. The molecule has 0 rings (SSSR count). The molecule has 0 amide bonds. The zero-order valence-corrected chi connectivity index (χ0v) is 32.1. The zero-order valence-electron chi connectivity index (χ0n) is 31.2. The van der Waals surface area contributed by atoms with Crippen LogP contribution in [-0.4, -0.2) is 19.1 Å². The molecule has 0 aliphatic carbocycles. The van der Waals surface area contributed by atoms with Crippen LogP contribution in [0.4, 0.5) is 0 Å². The molecule has 0 saturated carbocycles. The van der Waals surface area contributed by atoms with Crippen LogP contribution in [0, 0.1) is 5.92 Å². The largest absolute Gasteiger partial charge is 0.726 e. The van der Waals surface area contributed by atoms with Crippen molar-refractivity contribution in [2.75, 3.05) is 0 Å². The summed E-state index contributed by atoms with van der Waals surface area (Å²) >= 11 is 0. The van der Waals surface area contributed by atoms with Gasteiger partial charge in [0, 0.05) is 0 Å². The van der Waals surface area contributed by atoms with Gasteiger partial charge >= 0.3 is 0 Å². The predicted molar refractivity (Wildman–Crippen MR) is 198 cm³/mol. The van der Waals surface area contributed by atoms with E-state index >= 15 is 0 Å². The maximum absolute atomic E-state index is 11.2. The second-order valence-electron chi connectivity index (χ2n) is 14.2. The molecule has 5 nitrogen and oxygen atoms in total. The van der Waals surface area contributed by atoms with Gasteiger partial charge in [0.1, 0.15) is 0 Å². The molecule has 0 saturated heterocycles. The summed E-state index contributed by atoms with van der Waals surface area (Å²) in [6.07, 6.45) is 44.7. The van der Waals surface area contributed by atoms with E-state index in [9.17, 15) is 13.0 Å². The van der Waals surface area contributed by atoms with Crippen molar-refractivity contribution in [2.45, 2.75) is 245 Å². The lowest BCUT2D eigenvalue weighted by molar-refractivity contribution is 0.122. The average molecular weight is 662 g/mol. The number of hydrogen-bond acceptors (Lipinski definition) is 4. The summed E-state index contributed by atoms with van der Waals surface area (Å²) in [5.74, 6) is 0.164. The molecule has 0 aromatic rings. The Kier molecular flexibility index (Phi) is 38.2. The first-order chi connectivity index (χ1) is 21.4. The molecule has 0 heterocycles. The van der Waals surface area contributed by atoms with Gasteiger partial charge in [-0.2, -0.15) is 0 Å².